The van der Waals surface area contributed by atoms with E-state index in [9.17, 15) is 8.42 Å². The van der Waals surface area contributed by atoms with Crippen molar-refractivity contribution in [2.24, 2.45) is 0 Å². The fourth-order valence-electron chi connectivity index (χ4n) is 0.0731. The summed E-state index contributed by atoms with van der Waals surface area (Å²) in [7, 11) is -3.70. The van der Waals surface area contributed by atoms with Crippen LogP contribution in [-0.2, 0) is 24.1 Å². The molecule has 0 atom stereocenters. The maximum atomic E-state index is 9.52. The molecule has 0 spiro atoms. The highest BCUT2D eigenvalue weighted by molar-refractivity contribution is 7.82. The van der Waals surface area contributed by atoms with Crippen LogP contribution in [0.25, 0.3) is 0 Å². The molecule has 0 aromatic carbocycles. The lowest BCUT2D eigenvalue weighted by Gasteiger charge is -2.05. The first kappa shape index (κ1) is 11.4. The fraction of sp³-hybridized carbons (Fsp3) is 0. The van der Waals surface area contributed by atoms with E-state index in [2.05, 4.69) is 13.7 Å². The largest absolute Gasteiger partial charge is 0.457 e. The Morgan fingerprint density at radius 3 is 1.38 bits per heavy atom. The topological polar surface area (TPSA) is 93.3 Å². The molecule has 1 rings (SSSR count). The van der Waals surface area contributed by atoms with E-state index >= 15 is 0 Å². The predicted octanol–water partition coefficient (Wildman–Crippen LogP) is -2.08. The molecule has 8 heavy (non-hydrogen) atoms. The maximum Gasteiger partial charge on any atom is 0.457 e. The summed E-state index contributed by atoms with van der Waals surface area (Å²) in [5.41, 5.74) is 0. The zero-order valence-corrected chi connectivity index (χ0v) is 5.89. The van der Waals surface area contributed by atoms with Crippen LogP contribution in [-0.4, -0.2) is 36.9 Å². The molecule has 8 heteroatoms. The van der Waals surface area contributed by atoms with Crippen LogP contribution in [0.1, 0.15) is 0 Å². The van der Waals surface area contributed by atoms with Gasteiger partial charge in [-0.15, -0.1) is 0 Å². The van der Waals surface area contributed by atoms with Crippen molar-refractivity contribution in [1.82, 2.24) is 0 Å². The quantitative estimate of drug-likeness (QED) is 0.295. The van der Waals surface area contributed by atoms with E-state index in [0.717, 1.165) is 0 Å². The summed E-state index contributed by atoms with van der Waals surface area (Å²) in [6.07, 6.45) is 0. The van der Waals surface area contributed by atoms with Gasteiger partial charge in [-0.3, -0.25) is 0 Å². The van der Waals surface area contributed by atoms with Crippen LogP contribution >= 0.6 is 0 Å². The van der Waals surface area contributed by atoms with Gasteiger partial charge < -0.3 is 5.48 Å². The summed E-state index contributed by atoms with van der Waals surface area (Å²) in [6.45, 7) is 0. The molecule has 0 aromatic rings. The lowest BCUT2D eigenvalue weighted by molar-refractivity contribution is -0.477. The van der Waals surface area contributed by atoms with Crippen molar-refractivity contribution in [3.63, 3.8) is 0 Å². The Balaban J connectivity index is 0. The summed E-state index contributed by atoms with van der Waals surface area (Å²) in [4.78, 5) is 0. The molecule has 2 N–H and O–H groups in total. The normalized spacial score (nSPS) is 21.5. The first-order valence-corrected chi connectivity index (χ1v) is 2.33. The fourth-order valence-corrected chi connectivity index (χ4v) is 0.219. The highest BCUT2D eigenvalue weighted by Gasteiger charge is 2.26. The molecule has 1 saturated heterocycles. The van der Waals surface area contributed by atoms with Crippen LogP contribution < -0.4 is 0 Å². The highest BCUT2D eigenvalue weighted by atomic mass is 32.3. The van der Waals surface area contributed by atoms with E-state index in [1.165, 1.54) is 0 Å². The molecule has 2 radical (unpaired) electrons. The molecule has 0 aliphatic carbocycles. The van der Waals surface area contributed by atoms with Gasteiger partial charge >= 0.3 is 10.4 Å². The smallest absolute Gasteiger partial charge is 0.412 e. The lowest BCUT2D eigenvalue weighted by atomic mass is 14.5. The van der Waals surface area contributed by atoms with Crippen molar-refractivity contribution in [1.29, 1.82) is 0 Å². The lowest BCUT2D eigenvalue weighted by Crippen LogP contribution is -2.20. The third-order valence-corrected chi connectivity index (χ3v) is 0.667. The van der Waals surface area contributed by atoms with Crippen LogP contribution in [0.5, 0.6) is 0 Å². The Morgan fingerprint density at radius 2 is 1.38 bits per heavy atom. The summed E-state index contributed by atoms with van der Waals surface area (Å²) in [5.74, 6) is 0. The molecule has 1 aliphatic rings. The Labute approximate surface area is 61.4 Å². The van der Waals surface area contributed by atoms with Gasteiger partial charge in [-0.2, -0.15) is 8.42 Å². The van der Waals surface area contributed by atoms with Crippen molar-refractivity contribution in [2.75, 3.05) is 0 Å². The molecular weight excluding hydrogens is 152 g/mol. The molecule has 1 heterocycles. The van der Waals surface area contributed by atoms with Crippen LogP contribution in [0.4, 0.5) is 0 Å². The Hall–Kier alpha value is 0.556. The molecule has 0 amide bonds. The minimum Gasteiger partial charge on any atom is -0.412 e. The van der Waals surface area contributed by atoms with E-state index in [1.807, 2.05) is 0 Å². The second kappa shape index (κ2) is 3.56. The molecule has 0 bridgehead atoms. The molecule has 1 aliphatic heterocycles. The third-order valence-electron chi connectivity index (χ3n) is 0.222. The van der Waals surface area contributed by atoms with Crippen molar-refractivity contribution in [3.05, 3.63) is 0 Å². The Kier molecular flexibility index (Phi) is 5.05. The van der Waals surface area contributed by atoms with E-state index in [4.69, 9.17) is 0 Å². The summed E-state index contributed by atoms with van der Waals surface area (Å²) < 4.78 is 25.8. The van der Waals surface area contributed by atoms with Crippen LogP contribution in [0.15, 0.2) is 0 Å². The maximum absolute atomic E-state index is 9.52. The second-order valence-corrected chi connectivity index (χ2v) is 1.70. The summed E-state index contributed by atoms with van der Waals surface area (Å²) in [5, 5.41) is 3.35. The van der Waals surface area contributed by atoms with Crippen LogP contribution in [0, 0.1) is 0 Å². The van der Waals surface area contributed by atoms with E-state index in [1.54, 1.807) is 0 Å². The van der Waals surface area contributed by atoms with Crippen LogP contribution in [0.3, 0.4) is 0 Å². The van der Waals surface area contributed by atoms with E-state index in [0.29, 0.717) is 0 Å². The van der Waals surface area contributed by atoms with Crippen molar-refractivity contribution >= 4 is 33.5 Å². The zero-order valence-electron chi connectivity index (χ0n) is 3.66. The first-order chi connectivity index (χ1) is 2.71. The van der Waals surface area contributed by atoms with Crippen molar-refractivity contribution in [3.8, 4) is 0 Å². The average molecular weight is 154 g/mol. The molecule has 46 valence electrons. The monoisotopic (exact) mass is 154 g/mol. The zero-order chi connectivity index (χ0) is 4.62. The molecule has 0 unspecified atom stereocenters. The van der Waals surface area contributed by atoms with E-state index < -0.39 is 10.4 Å². The third kappa shape index (κ3) is 2.76. The summed E-state index contributed by atoms with van der Waals surface area (Å²) >= 11 is 0. The summed E-state index contributed by atoms with van der Waals surface area (Å²) in [6, 6.07) is 0. The van der Waals surface area contributed by atoms with Gasteiger partial charge in [0.15, 0.2) is 0 Å². The van der Waals surface area contributed by atoms with Gasteiger partial charge in [-0.25, -0.2) is 0 Å². The van der Waals surface area contributed by atoms with Crippen molar-refractivity contribution < 1.29 is 27.6 Å². The highest BCUT2D eigenvalue weighted by Crippen LogP contribution is 2.07. The van der Waals surface area contributed by atoms with Gasteiger partial charge in [0, 0.05) is 23.1 Å². The molecule has 6 nitrogen and oxygen atoms in total. The van der Waals surface area contributed by atoms with E-state index in [-0.39, 0.29) is 28.5 Å². The molecule has 1 fully saturated rings. The Morgan fingerprint density at radius 1 is 1.12 bits per heavy atom. The average Bonchev–Trinajstić information content (AvgIpc) is 1.32. The molecular formula is H2MgO6S. The van der Waals surface area contributed by atoms with Crippen LogP contribution in [0.2, 0.25) is 0 Å². The Bertz CT molecular complexity index is 123. The van der Waals surface area contributed by atoms with Gasteiger partial charge in [-0.1, -0.05) is 0 Å². The molecule has 0 saturated carbocycles. The minimum atomic E-state index is -3.70. The number of hydrogen-bond donors (Lipinski definition) is 0. The minimum absolute atomic E-state index is 0. The number of rotatable bonds is 0. The second-order valence-electron chi connectivity index (χ2n) is 0.612. The SMILES string of the molecule is O.O=S1(=O)OOO1.[Mg]. The van der Waals surface area contributed by atoms with Crippen molar-refractivity contribution in [2.45, 2.75) is 0 Å². The molecule has 0 aromatic heterocycles. The predicted molar refractivity (Wildman–Crippen MR) is 21.5 cm³/mol. The van der Waals surface area contributed by atoms with Gasteiger partial charge in [0.1, 0.15) is 0 Å². The van der Waals surface area contributed by atoms with Gasteiger partial charge in [0.25, 0.3) is 0 Å². The van der Waals surface area contributed by atoms with Gasteiger partial charge in [0.2, 0.25) is 0 Å². The standard InChI is InChI=1S/Mg.O5S.H2O/c;1-6(2)4-3-5-6;/h;;1H2. The van der Waals surface area contributed by atoms with Gasteiger partial charge in [0.05, 0.1) is 0 Å². The number of hydrogen-bond acceptors (Lipinski definition) is 5. The first-order valence-electron chi connectivity index (χ1n) is 1.00. The van der Waals surface area contributed by atoms with Gasteiger partial charge in [-0.05, 0) is 13.7 Å².